The van der Waals surface area contributed by atoms with Crippen LogP contribution in [-0.2, 0) is 22.6 Å². The van der Waals surface area contributed by atoms with Crippen molar-refractivity contribution in [1.82, 2.24) is 10.2 Å². The lowest BCUT2D eigenvalue weighted by atomic mass is 10.1. The van der Waals surface area contributed by atoms with E-state index >= 15 is 0 Å². The van der Waals surface area contributed by atoms with Crippen LogP contribution in [0.2, 0.25) is 10.0 Å². The van der Waals surface area contributed by atoms with Crippen LogP contribution < -0.4 is 5.32 Å². The van der Waals surface area contributed by atoms with E-state index in [9.17, 15) is 9.59 Å². The minimum atomic E-state index is -0.612. The molecular weight excluding hydrogens is 359 g/mol. The lowest BCUT2D eigenvalue weighted by molar-refractivity contribution is -0.139. The number of halogens is 2. The summed E-state index contributed by atoms with van der Waals surface area (Å²) in [6.45, 7) is 1.99. The van der Waals surface area contributed by atoms with E-state index in [0.717, 1.165) is 11.1 Å². The third-order valence-corrected chi connectivity index (χ3v) is 4.56. The topological polar surface area (TPSA) is 49.4 Å². The SMILES string of the molecule is CNC(=O)[C@H](C)N(Cc1cccc(Cl)c1)C(=O)Cc1ccccc1Cl. The van der Waals surface area contributed by atoms with Gasteiger partial charge in [0.25, 0.3) is 0 Å². The molecule has 0 radical (unpaired) electrons. The normalized spacial score (nSPS) is 11.7. The summed E-state index contributed by atoms with van der Waals surface area (Å²) >= 11 is 12.2. The Morgan fingerprint density at radius 2 is 1.84 bits per heavy atom. The number of carbonyl (C=O) groups is 2. The van der Waals surface area contributed by atoms with Crippen LogP contribution in [0.4, 0.5) is 0 Å². The van der Waals surface area contributed by atoms with Gasteiger partial charge in [-0.2, -0.15) is 0 Å². The largest absolute Gasteiger partial charge is 0.357 e. The predicted octanol–water partition coefficient (Wildman–Crippen LogP) is 3.70. The van der Waals surface area contributed by atoms with Gasteiger partial charge in [0.1, 0.15) is 6.04 Å². The zero-order valence-electron chi connectivity index (χ0n) is 14.1. The second-order valence-corrected chi connectivity index (χ2v) is 6.55. The Bertz CT molecular complexity index is 765. The van der Waals surface area contributed by atoms with E-state index in [1.165, 1.54) is 4.90 Å². The average Bonchev–Trinajstić information content (AvgIpc) is 2.60. The van der Waals surface area contributed by atoms with Crippen molar-refractivity contribution in [2.24, 2.45) is 0 Å². The van der Waals surface area contributed by atoms with E-state index in [1.54, 1.807) is 32.2 Å². The summed E-state index contributed by atoms with van der Waals surface area (Å²) in [6, 6.07) is 13.8. The zero-order chi connectivity index (χ0) is 18.4. The molecule has 2 rings (SSSR count). The molecule has 0 aliphatic carbocycles. The number of hydrogen-bond acceptors (Lipinski definition) is 2. The summed E-state index contributed by atoms with van der Waals surface area (Å²) in [6.07, 6.45) is 0.127. The van der Waals surface area contributed by atoms with Gasteiger partial charge < -0.3 is 10.2 Å². The van der Waals surface area contributed by atoms with Crippen LogP contribution in [0, 0.1) is 0 Å². The zero-order valence-corrected chi connectivity index (χ0v) is 15.6. The fraction of sp³-hybridized carbons (Fsp3) is 0.263. The smallest absolute Gasteiger partial charge is 0.242 e. The summed E-state index contributed by atoms with van der Waals surface area (Å²) in [5, 5.41) is 3.71. The first-order chi connectivity index (χ1) is 11.9. The van der Waals surface area contributed by atoms with Gasteiger partial charge in [0.2, 0.25) is 11.8 Å². The summed E-state index contributed by atoms with van der Waals surface area (Å²) < 4.78 is 0. The van der Waals surface area contributed by atoms with E-state index in [2.05, 4.69) is 5.32 Å². The van der Waals surface area contributed by atoms with Crippen molar-refractivity contribution in [2.45, 2.75) is 25.9 Å². The van der Waals surface area contributed by atoms with Gasteiger partial charge in [-0.25, -0.2) is 0 Å². The van der Waals surface area contributed by atoms with Crippen LogP contribution in [0.3, 0.4) is 0 Å². The fourth-order valence-corrected chi connectivity index (χ4v) is 2.95. The molecule has 0 bridgehead atoms. The lowest BCUT2D eigenvalue weighted by Crippen LogP contribution is -2.47. The third kappa shape index (κ3) is 5.21. The van der Waals surface area contributed by atoms with Gasteiger partial charge >= 0.3 is 0 Å². The van der Waals surface area contributed by atoms with E-state index in [1.807, 2.05) is 30.3 Å². The molecule has 1 N–H and O–H groups in total. The molecule has 2 aromatic rings. The van der Waals surface area contributed by atoms with Gasteiger partial charge in [0, 0.05) is 23.6 Å². The number of hydrogen-bond donors (Lipinski definition) is 1. The molecule has 0 aliphatic rings. The number of likely N-dealkylation sites (N-methyl/N-ethyl adjacent to an activating group) is 1. The molecule has 0 saturated heterocycles. The van der Waals surface area contributed by atoms with Gasteiger partial charge in [-0.15, -0.1) is 0 Å². The minimum absolute atomic E-state index is 0.127. The summed E-state index contributed by atoms with van der Waals surface area (Å²) in [4.78, 5) is 26.5. The molecule has 0 fully saturated rings. The standard InChI is InChI=1S/C19H20Cl2N2O2/c1-13(19(25)22-2)23(12-14-6-5-8-16(20)10-14)18(24)11-15-7-3-4-9-17(15)21/h3-10,13H,11-12H2,1-2H3,(H,22,25)/t13-/m0/s1. The van der Waals surface area contributed by atoms with Crippen molar-refractivity contribution in [3.63, 3.8) is 0 Å². The Morgan fingerprint density at radius 3 is 2.48 bits per heavy atom. The van der Waals surface area contributed by atoms with Crippen molar-refractivity contribution >= 4 is 35.0 Å². The molecule has 1 atom stereocenters. The highest BCUT2D eigenvalue weighted by atomic mass is 35.5. The van der Waals surface area contributed by atoms with E-state index < -0.39 is 6.04 Å². The molecule has 25 heavy (non-hydrogen) atoms. The van der Waals surface area contributed by atoms with Crippen LogP contribution in [0.1, 0.15) is 18.1 Å². The van der Waals surface area contributed by atoms with Gasteiger partial charge in [0.05, 0.1) is 6.42 Å². The lowest BCUT2D eigenvalue weighted by Gasteiger charge is -2.28. The molecule has 4 nitrogen and oxygen atoms in total. The number of carbonyl (C=O) groups excluding carboxylic acids is 2. The van der Waals surface area contributed by atoms with Crippen LogP contribution in [0.5, 0.6) is 0 Å². The van der Waals surface area contributed by atoms with Crippen LogP contribution in [0.15, 0.2) is 48.5 Å². The quantitative estimate of drug-likeness (QED) is 0.832. The molecule has 0 aromatic heterocycles. The highest BCUT2D eigenvalue weighted by Gasteiger charge is 2.26. The maximum atomic E-state index is 12.9. The summed E-state index contributed by atoms with van der Waals surface area (Å²) in [5.74, 6) is -0.404. The molecule has 0 saturated carbocycles. The van der Waals surface area contributed by atoms with Crippen molar-refractivity contribution < 1.29 is 9.59 Å². The molecule has 0 heterocycles. The number of amides is 2. The Kier molecular flexibility index (Phi) is 6.85. The van der Waals surface area contributed by atoms with Gasteiger partial charge in [-0.05, 0) is 36.2 Å². The first-order valence-corrected chi connectivity index (χ1v) is 8.67. The van der Waals surface area contributed by atoms with Crippen molar-refractivity contribution in [2.75, 3.05) is 7.05 Å². The molecule has 2 amide bonds. The highest BCUT2D eigenvalue weighted by molar-refractivity contribution is 6.31. The monoisotopic (exact) mass is 378 g/mol. The second-order valence-electron chi connectivity index (χ2n) is 5.71. The van der Waals surface area contributed by atoms with E-state index in [0.29, 0.717) is 16.6 Å². The van der Waals surface area contributed by atoms with Crippen molar-refractivity contribution in [1.29, 1.82) is 0 Å². The first-order valence-electron chi connectivity index (χ1n) is 7.91. The summed E-state index contributed by atoms with van der Waals surface area (Å²) in [5.41, 5.74) is 1.59. The number of benzene rings is 2. The van der Waals surface area contributed by atoms with Crippen LogP contribution >= 0.6 is 23.2 Å². The van der Waals surface area contributed by atoms with E-state index in [4.69, 9.17) is 23.2 Å². The van der Waals surface area contributed by atoms with Crippen LogP contribution in [-0.4, -0.2) is 29.8 Å². The fourth-order valence-electron chi connectivity index (χ4n) is 2.53. The molecular formula is C19H20Cl2N2O2. The summed E-state index contributed by atoms with van der Waals surface area (Å²) in [7, 11) is 1.55. The minimum Gasteiger partial charge on any atom is -0.357 e. The number of nitrogens with zero attached hydrogens (tertiary/aromatic N) is 1. The van der Waals surface area contributed by atoms with Gasteiger partial charge in [-0.1, -0.05) is 53.5 Å². The molecule has 2 aromatic carbocycles. The Morgan fingerprint density at radius 1 is 1.12 bits per heavy atom. The van der Waals surface area contributed by atoms with Crippen molar-refractivity contribution in [3.05, 3.63) is 69.7 Å². The highest BCUT2D eigenvalue weighted by Crippen LogP contribution is 2.19. The van der Waals surface area contributed by atoms with Gasteiger partial charge in [0.15, 0.2) is 0 Å². The Balaban J connectivity index is 2.25. The molecule has 0 unspecified atom stereocenters. The third-order valence-electron chi connectivity index (χ3n) is 3.96. The average molecular weight is 379 g/mol. The molecule has 6 heteroatoms. The molecule has 132 valence electrons. The Hall–Kier alpha value is -2.04. The molecule has 0 spiro atoms. The maximum absolute atomic E-state index is 12.9. The number of nitrogens with one attached hydrogen (secondary N) is 1. The maximum Gasteiger partial charge on any atom is 0.242 e. The van der Waals surface area contributed by atoms with E-state index in [-0.39, 0.29) is 18.2 Å². The van der Waals surface area contributed by atoms with Gasteiger partial charge in [-0.3, -0.25) is 9.59 Å². The van der Waals surface area contributed by atoms with Crippen LogP contribution in [0.25, 0.3) is 0 Å². The first kappa shape index (κ1) is 19.3. The number of rotatable bonds is 6. The Labute approximate surface area is 157 Å². The molecule has 0 aliphatic heterocycles. The van der Waals surface area contributed by atoms with Crippen molar-refractivity contribution in [3.8, 4) is 0 Å². The predicted molar refractivity (Wildman–Crippen MR) is 101 cm³/mol. The second kappa shape index (κ2) is 8.88.